The summed E-state index contributed by atoms with van der Waals surface area (Å²) in [7, 11) is 0. The smallest absolute Gasteiger partial charge is 0.338 e. The van der Waals surface area contributed by atoms with Crippen molar-refractivity contribution >= 4 is 6.03 Å². The molecule has 134 valence electrons. The Labute approximate surface area is 136 Å². The van der Waals surface area contributed by atoms with E-state index in [9.17, 15) is 18.0 Å². The first-order valence-electron chi connectivity index (χ1n) is 8.68. The van der Waals surface area contributed by atoms with Gasteiger partial charge in [-0.3, -0.25) is 0 Å². The molecule has 2 aliphatic heterocycles. The third-order valence-electron chi connectivity index (χ3n) is 4.87. The van der Waals surface area contributed by atoms with Crippen molar-refractivity contribution in [1.29, 1.82) is 0 Å². The monoisotopic (exact) mass is 335 g/mol. The largest absolute Gasteiger partial charge is 0.391 e. The molecule has 0 saturated carbocycles. The number of nitrogens with one attached hydrogen (secondary N) is 1. The van der Waals surface area contributed by atoms with Gasteiger partial charge in [0.05, 0.1) is 5.92 Å². The molecule has 2 amide bonds. The molecule has 1 atom stereocenters. The fourth-order valence-corrected chi connectivity index (χ4v) is 3.43. The van der Waals surface area contributed by atoms with Gasteiger partial charge in [0.15, 0.2) is 0 Å². The van der Waals surface area contributed by atoms with E-state index in [-0.39, 0.29) is 32.0 Å². The van der Waals surface area contributed by atoms with Gasteiger partial charge < -0.3 is 15.1 Å². The summed E-state index contributed by atoms with van der Waals surface area (Å²) in [6.45, 7) is 6.29. The molecule has 7 heteroatoms. The number of urea groups is 1. The molecule has 0 bridgehead atoms. The molecule has 0 aliphatic carbocycles. The van der Waals surface area contributed by atoms with Crippen LogP contribution in [0.2, 0.25) is 0 Å². The van der Waals surface area contributed by atoms with Crippen LogP contribution in [-0.2, 0) is 0 Å². The lowest BCUT2D eigenvalue weighted by Crippen LogP contribution is -2.48. The van der Waals surface area contributed by atoms with Crippen LogP contribution in [0.15, 0.2) is 0 Å². The molecule has 2 rings (SSSR count). The lowest BCUT2D eigenvalue weighted by molar-refractivity contribution is -0.183. The number of likely N-dealkylation sites (tertiary alicyclic amines) is 2. The van der Waals surface area contributed by atoms with Gasteiger partial charge in [0.25, 0.3) is 0 Å². The first kappa shape index (κ1) is 18.4. The van der Waals surface area contributed by atoms with Crippen molar-refractivity contribution in [3.05, 3.63) is 0 Å². The Morgan fingerprint density at radius 3 is 2.30 bits per heavy atom. The summed E-state index contributed by atoms with van der Waals surface area (Å²) >= 11 is 0. The van der Waals surface area contributed by atoms with Crippen LogP contribution in [0.3, 0.4) is 0 Å². The number of rotatable bonds is 4. The maximum Gasteiger partial charge on any atom is 0.391 e. The molecule has 23 heavy (non-hydrogen) atoms. The highest BCUT2D eigenvalue weighted by Gasteiger charge is 2.41. The summed E-state index contributed by atoms with van der Waals surface area (Å²) in [6, 6.07) is -0.226. The molecule has 2 saturated heterocycles. The second kappa shape index (κ2) is 8.22. The van der Waals surface area contributed by atoms with Crippen molar-refractivity contribution in [2.75, 3.05) is 39.3 Å². The normalized spacial score (nSPS) is 22.9. The highest BCUT2D eigenvalue weighted by Crippen LogP contribution is 2.34. The molecule has 0 unspecified atom stereocenters. The van der Waals surface area contributed by atoms with Crippen molar-refractivity contribution in [2.24, 2.45) is 11.8 Å². The minimum Gasteiger partial charge on any atom is -0.338 e. The molecular formula is C16H28F3N3O. The van der Waals surface area contributed by atoms with Gasteiger partial charge >= 0.3 is 12.2 Å². The fourth-order valence-electron chi connectivity index (χ4n) is 3.43. The number of carbonyl (C=O) groups excluding carboxylic acids is 1. The van der Waals surface area contributed by atoms with Crippen molar-refractivity contribution in [2.45, 2.75) is 45.2 Å². The number of alkyl halides is 3. The third-order valence-corrected chi connectivity index (χ3v) is 4.87. The van der Waals surface area contributed by atoms with E-state index in [1.807, 2.05) is 0 Å². The first-order chi connectivity index (χ1) is 10.9. The number of nitrogens with zero attached hydrogens (tertiary/aromatic N) is 2. The molecule has 0 radical (unpaired) electrons. The van der Waals surface area contributed by atoms with Gasteiger partial charge in [-0.2, -0.15) is 13.2 Å². The van der Waals surface area contributed by atoms with Crippen LogP contribution in [0.1, 0.15) is 39.0 Å². The molecule has 2 heterocycles. The van der Waals surface area contributed by atoms with Crippen molar-refractivity contribution in [1.82, 2.24) is 15.1 Å². The summed E-state index contributed by atoms with van der Waals surface area (Å²) in [5, 5.41) is 2.87. The number of carbonyl (C=O) groups is 1. The van der Waals surface area contributed by atoms with Gasteiger partial charge in [0, 0.05) is 26.2 Å². The molecule has 2 fully saturated rings. The van der Waals surface area contributed by atoms with Crippen LogP contribution in [0, 0.1) is 11.8 Å². The zero-order valence-electron chi connectivity index (χ0n) is 13.9. The predicted molar refractivity (Wildman–Crippen MR) is 83.2 cm³/mol. The van der Waals surface area contributed by atoms with Crippen LogP contribution in [0.4, 0.5) is 18.0 Å². The van der Waals surface area contributed by atoms with Crippen molar-refractivity contribution in [3.63, 3.8) is 0 Å². The van der Waals surface area contributed by atoms with E-state index in [1.165, 1.54) is 24.2 Å². The average Bonchev–Trinajstić information content (AvgIpc) is 2.53. The highest BCUT2D eigenvalue weighted by molar-refractivity contribution is 5.74. The Bertz CT molecular complexity index is 375. The molecule has 0 aromatic heterocycles. The number of amides is 2. The van der Waals surface area contributed by atoms with Gasteiger partial charge in [-0.05, 0) is 44.7 Å². The quantitative estimate of drug-likeness (QED) is 0.857. The topological polar surface area (TPSA) is 35.6 Å². The number of hydrogen-bond acceptors (Lipinski definition) is 2. The van der Waals surface area contributed by atoms with Crippen LogP contribution in [-0.4, -0.2) is 61.3 Å². The molecule has 0 aromatic rings. The van der Waals surface area contributed by atoms with Crippen molar-refractivity contribution < 1.29 is 18.0 Å². The molecule has 4 nitrogen and oxygen atoms in total. The highest BCUT2D eigenvalue weighted by atomic mass is 19.4. The van der Waals surface area contributed by atoms with E-state index >= 15 is 0 Å². The standard InChI is InChI=1S/C16H28F3N3O/c1-13(12-21-7-3-2-4-8-21)11-20-15(23)22-9-5-14(6-10-22)16(17,18)19/h13-14H,2-12H2,1H3,(H,20,23)/t13-/m1/s1. The Hall–Kier alpha value is -0.980. The molecular weight excluding hydrogens is 307 g/mol. The minimum absolute atomic E-state index is 0.0141. The predicted octanol–water partition coefficient (Wildman–Crippen LogP) is 3.09. The van der Waals surface area contributed by atoms with Gasteiger partial charge in [0.2, 0.25) is 0 Å². The van der Waals surface area contributed by atoms with Crippen LogP contribution < -0.4 is 5.32 Å². The first-order valence-corrected chi connectivity index (χ1v) is 8.68. The van der Waals surface area contributed by atoms with E-state index < -0.39 is 12.1 Å². The minimum atomic E-state index is -4.13. The summed E-state index contributed by atoms with van der Waals surface area (Å²) in [6.07, 6.45) is -0.317. The SMILES string of the molecule is C[C@H](CNC(=O)N1CCC(C(F)(F)F)CC1)CN1CCCCC1. The van der Waals surface area contributed by atoms with E-state index in [4.69, 9.17) is 0 Å². The molecule has 2 aliphatic rings. The third kappa shape index (κ3) is 5.86. The maximum atomic E-state index is 12.6. The molecule has 0 aromatic carbocycles. The summed E-state index contributed by atoms with van der Waals surface area (Å²) in [5.74, 6) is -0.908. The van der Waals surface area contributed by atoms with Crippen LogP contribution >= 0.6 is 0 Å². The second-order valence-corrected chi connectivity index (χ2v) is 6.96. The molecule has 1 N–H and O–H groups in total. The Morgan fingerprint density at radius 1 is 1.13 bits per heavy atom. The fraction of sp³-hybridized carbons (Fsp3) is 0.938. The van der Waals surface area contributed by atoms with Gasteiger partial charge in [-0.15, -0.1) is 0 Å². The number of hydrogen-bond donors (Lipinski definition) is 1. The van der Waals surface area contributed by atoms with E-state index in [1.54, 1.807) is 0 Å². The lowest BCUT2D eigenvalue weighted by Gasteiger charge is -2.33. The van der Waals surface area contributed by atoms with E-state index in [2.05, 4.69) is 17.1 Å². The van der Waals surface area contributed by atoms with E-state index in [0.717, 1.165) is 19.6 Å². The Kier molecular flexibility index (Phi) is 6.56. The van der Waals surface area contributed by atoms with Gasteiger partial charge in [-0.25, -0.2) is 4.79 Å². The van der Waals surface area contributed by atoms with Crippen molar-refractivity contribution in [3.8, 4) is 0 Å². The lowest BCUT2D eigenvalue weighted by atomic mass is 9.96. The zero-order valence-corrected chi connectivity index (χ0v) is 13.9. The van der Waals surface area contributed by atoms with Gasteiger partial charge in [-0.1, -0.05) is 13.3 Å². The molecule has 0 spiro atoms. The summed E-state index contributed by atoms with van der Waals surface area (Å²) < 4.78 is 37.9. The second-order valence-electron chi connectivity index (χ2n) is 6.96. The summed E-state index contributed by atoms with van der Waals surface area (Å²) in [5.41, 5.74) is 0. The number of piperidine rings is 2. The maximum absolute atomic E-state index is 12.6. The zero-order chi connectivity index (χ0) is 16.9. The summed E-state index contributed by atoms with van der Waals surface area (Å²) in [4.78, 5) is 16.0. The average molecular weight is 335 g/mol. The Morgan fingerprint density at radius 2 is 1.74 bits per heavy atom. The van der Waals surface area contributed by atoms with E-state index in [0.29, 0.717) is 12.5 Å². The van der Waals surface area contributed by atoms with Crippen LogP contribution in [0.5, 0.6) is 0 Å². The van der Waals surface area contributed by atoms with Crippen LogP contribution in [0.25, 0.3) is 0 Å². The van der Waals surface area contributed by atoms with Gasteiger partial charge in [0.1, 0.15) is 0 Å². The number of halogens is 3. The Balaban J connectivity index is 1.65.